The average molecular weight is 462 g/mol. The number of hydrogen-bond donors (Lipinski definition) is 1. The van der Waals surface area contributed by atoms with Crippen LogP contribution in [-0.4, -0.2) is 25.7 Å². The van der Waals surface area contributed by atoms with Crippen LogP contribution in [0.4, 0.5) is 10.1 Å². The second-order valence-electron chi connectivity index (χ2n) is 8.34. The third-order valence-electron chi connectivity index (χ3n) is 5.24. The number of ether oxygens (including phenoxy) is 2. The van der Waals surface area contributed by atoms with Crippen molar-refractivity contribution in [1.82, 2.24) is 0 Å². The van der Waals surface area contributed by atoms with E-state index in [1.807, 2.05) is 43.3 Å². The third-order valence-corrected chi connectivity index (χ3v) is 5.24. The molecule has 0 atom stereocenters. The lowest BCUT2D eigenvalue weighted by Gasteiger charge is -2.09. The van der Waals surface area contributed by atoms with Crippen LogP contribution in [0.2, 0.25) is 0 Å². The summed E-state index contributed by atoms with van der Waals surface area (Å²) in [6, 6.07) is 20.9. The minimum Gasteiger partial charge on any atom is -0.494 e. The van der Waals surface area contributed by atoms with Crippen LogP contribution in [0.3, 0.4) is 0 Å². The molecule has 0 aromatic heterocycles. The number of carbonyl (C=O) groups excluding carboxylic acids is 1. The number of halogens is 1. The van der Waals surface area contributed by atoms with Crippen LogP contribution in [0, 0.1) is 5.82 Å². The first kappa shape index (κ1) is 25.2. The number of anilines is 1. The van der Waals surface area contributed by atoms with Crippen molar-refractivity contribution in [2.24, 2.45) is 0 Å². The predicted octanol–water partition coefficient (Wildman–Crippen LogP) is 7.28. The molecule has 4 nitrogen and oxygen atoms in total. The molecular formula is C29H32FNO3. The molecule has 0 saturated carbocycles. The molecule has 0 spiro atoms. The Morgan fingerprint density at radius 1 is 0.824 bits per heavy atom. The van der Waals surface area contributed by atoms with E-state index in [9.17, 15) is 9.18 Å². The summed E-state index contributed by atoms with van der Waals surface area (Å²) in [6.45, 7) is 7.85. The molecule has 5 heteroatoms. The summed E-state index contributed by atoms with van der Waals surface area (Å²) in [5, 5.41) is 2.90. The minimum atomic E-state index is -0.264. The maximum absolute atomic E-state index is 13.1. The van der Waals surface area contributed by atoms with Crippen molar-refractivity contribution in [1.29, 1.82) is 0 Å². The van der Waals surface area contributed by atoms with E-state index in [1.54, 1.807) is 24.3 Å². The monoisotopic (exact) mass is 461 g/mol. The Labute approximate surface area is 201 Å². The van der Waals surface area contributed by atoms with Gasteiger partial charge in [0.2, 0.25) is 0 Å². The van der Waals surface area contributed by atoms with Crippen molar-refractivity contribution in [3.05, 3.63) is 96.3 Å². The fraction of sp³-hybridized carbons (Fsp3) is 0.276. The summed E-state index contributed by atoms with van der Waals surface area (Å²) in [5.74, 6) is 0.306. The highest BCUT2D eigenvalue weighted by molar-refractivity contribution is 6.04. The molecule has 0 bridgehead atoms. The van der Waals surface area contributed by atoms with Crippen LogP contribution in [0.5, 0.6) is 5.75 Å². The lowest BCUT2D eigenvalue weighted by Crippen LogP contribution is -2.11. The fourth-order valence-electron chi connectivity index (χ4n) is 3.39. The highest BCUT2D eigenvalue weighted by atomic mass is 19.1. The van der Waals surface area contributed by atoms with Crippen molar-refractivity contribution in [2.75, 3.05) is 25.1 Å². The van der Waals surface area contributed by atoms with E-state index in [4.69, 9.17) is 9.47 Å². The van der Waals surface area contributed by atoms with E-state index in [0.717, 1.165) is 54.7 Å². The van der Waals surface area contributed by atoms with Gasteiger partial charge in [0.1, 0.15) is 11.6 Å². The van der Waals surface area contributed by atoms with Crippen molar-refractivity contribution < 1.29 is 18.7 Å². The summed E-state index contributed by atoms with van der Waals surface area (Å²) >= 11 is 0. The number of nitrogens with one attached hydrogen (secondary N) is 1. The topological polar surface area (TPSA) is 47.6 Å². The van der Waals surface area contributed by atoms with E-state index >= 15 is 0 Å². The van der Waals surface area contributed by atoms with Crippen LogP contribution in [0.1, 0.15) is 43.0 Å². The van der Waals surface area contributed by atoms with Gasteiger partial charge in [-0.3, -0.25) is 4.79 Å². The maximum Gasteiger partial charge on any atom is 0.255 e. The predicted molar refractivity (Wildman–Crippen MR) is 136 cm³/mol. The molecule has 0 unspecified atom stereocenters. The third kappa shape index (κ3) is 8.49. The summed E-state index contributed by atoms with van der Waals surface area (Å²) in [4.78, 5) is 12.6. The van der Waals surface area contributed by atoms with E-state index in [1.165, 1.54) is 12.1 Å². The molecule has 0 heterocycles. The highest BCUT2D eigenvalue weighted by Crippen LogP contribution is 2.22. The van der Waals surface area contributed by atoms with Gasteiger partial charge in [0.05, 0.1) is 13.2 Å². The van der Waals surface area contributed by atoms with Gasteiger partial charge in [-0.25, -0.2) is 4.39 Å². The first-order valence-corrected chi connectivity index (χ1v) is 11.6. The number of amides is 1. The van der Waals surface area contributed by atoms with Crippen LogP contribution in [0.25, 0.3) is 11.1 Å². The number of rotatable bonds is 13. The van der Waals surface area contributed by atoms with Crippen LogP contribution in [0.15, 0.2) is 84.9 Å². The quantitative estimate of drug-likeness (QED) is 0.215. The first-order valence-electron chi connectivity index (χ1n) is 11.6. The molecule has 3 aromatic rings. The summed E-state index contributed by atoms with van der Waals surface area (Å²) < 4.78 is 24.4. The molecule has 0 aliphatic rings. The summed E-state index contributed by atoms with van der Waals surface area (Å²) in [5.41, 5.74) is 4.18. The van der Waals surface area contributed by atoms with Crippen LogP contribution < -0.4 is 10.1 Å². The Morgan fingerprint density at radius 2 is 1.41 bits per heavy atom. The lowest BCUT2D eigenvalue weighted by molar-refractivity contribution is 0.102. The number of unbranched alkanes of at least 4 members (excludes halogenated alkanes) is 3. The Kier molecular flexibility index (Phi) is 9.86. The molecule has 0 aliphatic carbocycles. The second-order valence-corrected chi connectivity index (χ2v) is 8.34. The Hall–Kier alpha value is -3.44. The van der Waals surface area contributed by atoms with Gasteiger partial charge in [0, 0.05) is 17.9 Å². The van der Waals surface area contributed by atoms with E-state index in [0.29, 0.717) is 24.5 Å². The van der Waals surface area contributed by atoms with Crippen LogP contribution in [-0.2, 0) is 4.74 Å². The van der Waals surface area contributed by atoms with E-state index in [2.05, 4.69) is 11.9 Å². The van der Waals surface area contributed by atoms with Crippen LogP contribution >= 0.6 is 0 Å². The van der Waals surface area contributed by atoms with Gasteiger partial charge < -0.3 is 14.8 Å². The van der Waals surface area contributed by atoms with Gasteiger partial charge in [0.25, 0.3) is 5.91 Å². The normalized spacial score (nSPS) is 10.6. The van der Waals surface area contributed by atoms with Gasteiger partial charge in [-0.1, -0.05) is 42.8 Å². The van der Waals surface area contributed by atoms with Gasteiger partial charge in [-0.2, -0.15) is 0 Å². The summed E-state index contributed by atoms with van der Waals surface area (Å²) in [6.07, 6.45) is 4.24. The Balaban J connectivity index is 1.37. The first-order chi connectivity index (χ1) is 16.5. The van der Waals surface area contributed by atoms with Gasteiger partial charge in [-0.05, 0) is 85.8 Å². The molecule has 0 saturated heterocycles. The zero-order chi connectivity index (χ0) is 24.2. The largest absolute Gasteiger partial charge is 0.494 e. The van der Waals surface area contributed by atoms with Gasteiger partial charge in [0.15, 0.2) is 0 Å². The molecule has 3 rings (SSSR count). The fourth-order valence-corrected chi connectivity index (χ4v) is 3.39. The number of hydrogen-bond acceptors (Lipinski definition) is 3. The van der Waals surface area contributed by atoms with Crippen molar-refractivity contribution >= 4 is 11.6 Å². The zero-order valence-corrected chi connectivity index (χ0v) is 19.7. The molecule has 0 radical (unpaired) electrons. The van der Waals surface area contributed by atoms with Crippen molar-refractivity contribution in [2.45, 2.75) is 32.6 Å². The Bertz CT molecular complexity index is 1040. The second kappa shape index (κ2) is 13.3. The smallest absolute Gasteiger partial charge is 0.255 e. The SMILES string of the molecule is C=C(C)COCCCCCCOc1ccc(C(=O)Nc2ccc(-c3ccc(F)cc3)cc2)cc1. The minimum absolute atomic E-state index is 0.185. The maximum atomic E-state index is 13.1. The molecule has 34 heavy (non-hydrogen) atoms. The standard InChI is InChI=1S/C29H32FNO3/c1-22(2)21-33-19-5-3-4-6-20-34-28-17-11-25(12-18-28)29(32)31-27-15-9-24(10-16-27)23-7-13-26(30)14-8-23/h7-18H,1,3-6,19-21H2,2H3,(H,31,32). The van der Waals surface area contributed by atoms with Gasteiger partial charge >= 0.3 is 0 Å². The molecule has 178 valence electrons. The van der Waals surface area contributed by atoms with Gasteiger partial charge in [-0.15, -0.1) is 0 Å². The molecule has 3 aromatic carbocycles. The lowest BCUT2D eigenvalue weighted by atomic mass is 10.1. The van der Waals surface area contributed by atoms with E-state index in [-0.39, 0.29) is 11.7 Å². The highest BCUT2D eigenvalue weighted by Gasteiger charge is 2.07. The van der Waals surface area contributed by atoms with Crippen molar-refractivity contribution in [3.63, 3.8) is 0 Å². The van der Waals surface area contributed by atoms with Crippen molar-refractivity contribution in [3.8, 4) is 16.9 Å². The Morgan fingerprint density at radius 3 is 2.03 bits per heavy atom. The average Bonchev–Trinajstić information content (AvgIpc) is 2.84. The molecule has 0 aliphatic heterocycles. The van der Waals surface area contributed by atoms with E-state index < -0.39 is 0 Å². The number of carbonyl (C=O) groups is 1. The molecular weight excluding hydrogens is 429 g/mol. The summed E-state index contributed by atoms with van der Waals surface area (Å²) in [7, 11) is 0. The molecule has 1 amide bonds. The molecule has 0 fully saturated rings. The number of benzene rings is 3. The molecule has 1 N–H and O–H groups in total. The zero-order valence-electron chi connectivity index (χ0n) is 19.7.